The summed E-state index contributed by atoms with van der Waals surface area (Å²) in [7, 11) is 0. The number of benzene rings is 2. The van der Waals surface area contributed by atoms with Crippen molar-refractivity contribution >= 4 is 59.9 Å². The summed E-state index contributed by atoms with van der Waals surface area (Å²) in [4.78, 5) is 0. The highest BCUT2D eigenvalue weighted by Gasteiger charge is 2.19. The Morgan fingerprint density at radius 3 is 2.86 bits per heavy atom. The van der Waals surface area contributed by atoms with Gasteiger partial charge in [-0.05, 0) is 75.3 Å². The summed E-state index contributed by atoms with van der Waals surface area (Å²) in [6.07, 6.45) is 0. The van der Waals surface area contributed by atoms with Gasteiger partial charge in [0.2, 0.25) is 0 Å². The minimum Gasteiger partial charge on any atom is -0.306 e. The van der Waals surface area contributed by atoms with E-state index in [2.05, 4.69) is 98.6 Å². The van der Waals surface area contributed by atoms with Gasteiger partial charge in [0.1, 0.15) is 0 Å². The van der Waals surface area contributed by atoms with E-state index >= 15 is 0 Å². The van der Waals surface area contributed by atoms with Crippen molar-refractivity contribution in [1.82, 2.24) is 5.32 Å². The molecule has 108 valence electrons. The van der Waals surface area contributed by atoms with Crippen molar-refractivity contribution in [3.8, 4) is 0 Å². The maximum atomic E-state index is 3.65. The first-order valence-electron chi connectivity index (χ1n) is 6.85. The van der Waals surface area contributed by atoms with Gasteiger partial charge < -0.3 is 5.32 Å². The monoisotopic (exact) mass is 471 g/mol. The topological polar surface area (TPSA) is 12.0 Å². The highest BCUT2D eigenvalue weighted by molar-refractivity contribution is 14.1. The molecular weight excluding hydrogens is 457 g/mol. The summed E-state index contributed by atoms with van der Waals surface area (Å²) >= 11 is 7.84. The lowest BCUT2D eigenvalue weighted by Gasteiger charge is -2.21. The molecule has 0 aliphatic rings. The fourth-order valence-corrected chi connectivity index (χ4v) is 4.54. The van der Waals surface area contributed by atoms with E-state index < -0.39 is 0 Å². The fourth-order valence-electron chi connectivity index (χ4n) is 2.57. The van der Waals surface area contributed by atoms with E-state index in [1.165, 1.54) is 24.8 Å². The van der Waals surface area contributed by atoms with Gasteiger partial charge in [-0.15, -0.1) is 11.3 Å². The van der Waals surface area contributed by atoms with Crippen LogP contribution in [0.2, 0.25) is 0 Å². The van der Waals surface area contributed by atoms with Crippen molar-refractivity contribution in [2.45, 2.75) is 13.0 Å². The van der Waals surface area contributed by atoms with Crippen LogP contribution in [0.3, 0.4) is 0 Å². The minimum absolute atomic E-state index is 0.224. The van der Waals surface area contributed by atoms with Gasteiger partial charge in [-0.2, -0.15) is 0 Å². The summed E-state index contributed by atoms with van der Waals surface area (Å²) < 4.78 is 3.79. The number of hydrogen-bond acceptors (Lipinski definition) is 2. The van der Waals surface area contributed by atoms with Crippen LogP contribution >= 0.6 is 49.9 Å². The summed E-state index contributed by atoms with van der Waals surface area (Å²) in [6.45, 7) is 3.10. The Morgan fingerprint density at radius 2 is 2.05 bits per heavy atom. The normalized spacial score (nSPS) is 12.7. The van der Waals surface area contributed by atoms with Gasteiger partial charge in [0.05, 0.1) is 6.04 Å². The van der Waals surface area contributed by atoms with Crippen LogP contribution in [0.25, 0.3) is 10.1 Å². The van der Waals surface area contributed by atoms with E-state index in [0.29, 0.717) is 0 Å². The van der Waals surface area contributed by atoms with Gasteiger partial charge in [-0.25, -0.2) is 0 Å². The maximum absolute atomic E-state index is 3.65. The van der Waals surface area contributed by atoms with Crippen molar-refractivity contribution in [3.05, 3.63) is 67.0 Å². The summed E-state index contributed by atoms with van der Waals surface area (Å²) in [5.41, 5.74) is 2.69. The highest BCUT2D eigenvalue weighted by atomic mass is 127. The standard InChI is InChI=1S/C17H15BrINS/c1-2-20-16(14-10-12(18)6-7-15(14)19)13-5-3-4-11-8-9-21-17(11)13/h3-10,16,20H,2H2,1H3. The second kappa shape index (κ2) is 6.77. The molecule has 0 amide bonds. The minimum atomic E-state index is 0.224. The van der Waals surface area contributed by atoms with Crippen LogP contribution in [0.15, 0.2) is 52.3 Å². The van der Waals surface area contributed by atoms with Crippen LogP contribution in [0.1, 0.15) is 24.1 Å². The summed E-state index contributed by atoms with van der Waals surface area (Å²) in [5, 5.41) is 7.14. The first-order chi connectivity index (χ1) is 10.2. The lowest BCUT2D eigenvalue weighted by Crippen LogP contribution is -2.23. The van der Waals surface area contributed by atoms with E-state index in [4.69, 9.17) is 0 Å². The molecular formula is C17H15BrINS. The molecule has 0 radical (unpaired) electrons. The van der Waals surface area contributed by atoms with Gasteiger partial charge in [0, 0.05) is 12.7 Å². The number of fused-ring (bicyclic) bond motifs is 1. The third kappa shape index (κ3) is 3.18. The molecule has 3 aromatic rings. The van der Waals surface area contributed by atoms with Crippen LogP contribution in [0.4, 0.5) is 0 Å². The largest absolute Gasteiger partial charge is 0.306 e. The zero-order valence-corrected chi connectivity index (χ0v) is 16.1. The van der Waals surface area contributed by atoms with Crippen molar-refractivity contribution in [3.63, 3.8) is 0 Å². The molecule has 0 saturated carbocycles. The van der Waals surface area contributed by atoms with Crippen LogP contribution in [-0.2, 0) is 0 Å². The Kier molecular flexibility index (Phi) is 4.99. The molecule has 0 aliphatic heterocycles. The molecule has 0 spiro atoms. The average Bonchev–Trinajstić information content (AvgIpc) is 2.96. The van der Waals surface area contributed by atoms with E-state index in [1.54, 1.807) is 0 Å². The molecule has 1 atom stereocenters. The van der Waals surface area contributed by atoms with Crippen molar-refractivity contribution < 1.29 is 0 Å². The van der Waals surface area contributed by atoms with E-state index in [9.17, 15) is 0 Å². The molecule has 2 aromatic carbocycles. The smallest absolute Gasteiger partial charge is 0.0601 e. The molecule has 0 bridgehead atoms. The summed E-state index contributed by atoms with van der Waals surface area (Å²) in [5.74, 6) is 0. The average molecular weight is 472 g/mol. The molecule has 1 heterocycles. The molecule has 1 unspecified atom stereocenters. The first kappa shape index (κ1) is 15.5. The lowest BCUT2D eigenvalue weighted by molar-refractivity contribution is 0.632. The number of hydrogen-bond donors (Lipinski definition) is 1. The highest BCUT2D eigenvalue weighted by Crippen LogP contribution is 2.35. The maximum Gasteiger partial charge on any atom is 0.0601 e. The van der Waals surface area contributed by atoms with Crippen LogP contribution in [0, 0.1) is 3.57 Å². The zero-order valence-electron chi connectivity index (χ0n) is 11.6. The molecule has 1 nitrogen and oxygen atoms in total. The van der Waals surface area contributed by atoms with Crippen LogP contribution in [0.5, 0.6) is 0 Å². The zero-order chi connectivity index (χ0) is 14.8. The molecule has 0 fully saturated rings. The first-order valence-corrected chi connectivity index (χ1v) is 9.60. The number of nitrogens with one attached hydrogen (secondary N) is 1. The Balaban J connectivity index is 2.18. The second-order valence-electron chi connectivity index (χ2n) is 4.84. The second-order valence-corrected chi connectivity index (χ2v) is 7.84. The Labute approximate surface area is 151 Å². The molecule has 0 aliphatic carbocycles. The quantitative estimate of drug-likeness (QED) is 0.462. The predicted molar refractivity (Wildman–Crippen MR) is 104 cm³/mol. The van der Waals surface area contributed by atoms with E-state index in [0.717, 1.165) is 11.0 Å². The Hall–Kier alpha value is -0.430. The molecule has 0 saturated heterocycles. The van der Waals surface area contributed by atoms with Gasteiger partial charge in [-0.1, -0.05) is 41.1 Å². The SMILES string of the molecule is CCNC(c1cc(Br)ccc1I)c1cccc2ccsc12. The lowest BCUT2D eigenvalue weighted by atomic mass is 9.97. The molecule has 1 N–H and O–H groups in total. The third-order valence-electron chi connectivity index (χ3n) is 3.50. The Morgan fingerprint density at radius 1 is 1.19 bits per heavy atom. The molecule has 1 aromatic heterocycles. The Bertz CT molecular complexity index is 768. The van der Waals surface area contributed by atoms with E-state index in [1.807, 2.05) is 11.3 Å². The molecule has 21 heavy (non-hydrogen) atoms. The van der Waals surface area contributed by atoms with Crippen LogP contribution < -0.4 is 5.32 Å². The van der Waals surface area contributed by atoms with Gasteiger partial charge in [-0.3, -0.25) is 0 Å². The summed E-state index contributed by atoms with van der Waals surface area (Å²) in [6, 6.07) is 15.5. The van der Waals surface area contributed by atoms with Gasteiger partial charge >= 0.3 is 0 Å². The predicted octanol–water partition coefficient (Wildman–Crippen LogP) is 5.97. The third-order valence-corrected chi connectivity index (χ3v) is 5.95. The van der Waals surface area contributed by atoms with Crippen molar-refractivity contribution in [1.29, 1.82) is 0 Å². The van der Waals surface area contributed by atoms with Crippen molar-refractivity contribution in [2.75, 3.05) is 6.54 Å². The fraction of sp³-hybridized carbons (Fsp3) is 0.176. The van der Waals surface area contributed by atoms with Crippen molar-refractivity contribution in [2.24, 2.45) is 0 Å². The number of halogens is 2. The van der Waals surface area contributed by atoms with Gasteiger partial charge in [0.25, 0.3) is 0 Å². The molecule has 3 rings (SSSR count). The number of rotatable bonds is 4. The van der Waals surface area contributed by atoms with Crippen LogP contribution in [-0.4, -0.2) is 6.54 Å². The van der Waals surface area contributed by atoms with Gasteiger partial charge in [0.15, 0.2) is 0 Å². The molecule has 4 heteroatoms. The number of thiophene rings is 1. The van der Waals surface area contributed by atoms with E-state index in [-0.39, 0.29) is 6.04 Å².